The molecule has 0 aromatic heterocycles. The van der Waals surface area contributed by atoms with Crippen molar-refractivity contribution in [1.82, 2.24) is 0 Å². The molecule has 0 rings (SSSR count). The quantitative estimate of drug-likeness (QED) is 0.605. The molecule has 0 saturated heterocycles. The van der Waals surface area contributed by atoms with Crippen LogP contribution in [-0.2, 0) is 66.1 Å². The summed E-state index contributed by atoms with van der Waals surface area (Å²) in [6.45, 7) is 0. The van der Waals surface area contributed by atoms with E-state index in [2.05, 4.69) is 5.17 Å². The van der Waals surface area contributed by atoms with Gasteiger partial charge in [0, 0.05) is 0 Å². The molecule has 0 aromatic carbocycles. The van der Waals surface area contributed by atoms with Crippen LogP contribution in [-0.4, -0.2) is 4.03 Å². The van der Waals surface area contributed by atoms with Crippen LogP contribution in [0.5, 0.6) is 0 Å². The average Bonchev–Trinajstić information content (AvgIpc) is 1.53. The molecule has 0 radical (unpaired) electrons. The maximum atomic E-state index is 10.3. The fraction of sp³-hybridized carbons (Fsp3) is 0. The molecule has 0 saturated carbocycles. The predicted octanol–water partition coefficient (Wildman–Crippen LogP) is -2.37. The van der Waals surface area contributed by atoms with Gasteiger partial charge < -0.3 is 0 Å². The van der Waals surface area contributed by atoms with Gasteiger partial charge in [-0.1, -0.05) is 0 Å². The average molecular weight is 282 g/mol. The van der Waals surface area contributed by atoms with Crippen LogP contribution in [0.4, 0.5) is 0 Å². The number of rotatable bonds is 4. The molecule has 1 atom stereocenters. The zero-order valence-corrected chi connectivity index (χ0v) is 8.84. The molecule has 0 aliphatic rings. The molecular formula is HO8V3-. The Kier molecular flexibility index (Phi) is 5.07. The second-order valence-electron chi connectivity index (χ2n) is 1.08. The van der Waals surface area contributed by atoms with Crippen LogP contribution in [0.1, 0.15) is 0 Å². The van der Waals surface area contributed by atoms with Crippen LogP contribution < -0.4 is 4.03 Å². The predicted molar refractivity (Wildman–Crippen MR) is 7.13 cm³/mol. The maximum absolute atomic E-state index is 10.3. The first-order chi connectivity index (χ1) is 4.83. The van der Waals surface area contributed by atoms with Crippen LogP contribution >= 0.6 is 0 Å². The van der Waals surface area contributed by atoms with Crippen LogP contribution in [0.15, 0.2) is 0 Å². The topological polar surface area (TPSA) is 130 Å². The van der Waals surface area contributed by atoms with Crippen molar-refractivity contribution in [3.63, 3.8) is 0 Å². The molecule has 0 spiro atoms. The van der Waals surface area contributed by atoms with Gasteiger partial charge in [0.2, 0.25) is 0 Å². The summed E-state index contributed by atoms with van der Waals surface area (Å²) in [5.74, 6) is 0. The Morgan fingerprint density at radius 1 is 1.27 bits per heavy atom. The van der Waals surface area contributed by atoms with Crippen molar-refractivity contribution in [2.75, 3.05) is 0 Å². The molecule has 0 bridgehead atoms. The molecule has 0 aliphatic heterocycles. The molecule has 0 fully saturated rings. The van der Waals surface area contributed by atoms with E-state index in [1.54, 1.807) is 0 Å². The summed E-state index contributed by atoms with van der Waals surface area (Å²) >= 11 is -14.1. The van der Waals surface area contributed by atoms with Crippen molar-refractivity contribution >= 4 is 0 Å². The molecule has 0 aliphatic carbocycles. The van der Waals surface area contributed by atoms with Gasteiger partial charge >= 0.3 is 74.2 Å². The zero-order chi connectivity index (χ0) is 9.07. The fourth-order valence-corrected chi connectivity index (χ4v) is 3.91. The molecule has 11 heavy (non-hydrogen) atoms. The van der Waals surface area contributed by atoms with Crippen molar-refractivity contribution < 1.29 is 74.2 Å². The summed E-state index contributed by atoms with van der Waals surface area (Å²) < 4.78 is 64.1. The van der Waals surface area contributed by atoms with E-state index in [-0.39, 0.29) is 0 Å². The van der Waals surface area contributed by atoms with Gasteiger partial charge in [-0.3, -0.25) is 0 Å². The standard InChI is InChI=1S/H2O.7O.3V/h1H2;;;;;;;;;;/q;;;;;;;-1;;;+1/p-1. The van der Waals surface area contributed by atoms with E-state index in [9.17, 15) is 18.7 Å². The normalized spacial score (nSPS) is 15.5. The molecule has 0 heterocycles. The molecule has 65 valence electrons. The molecule has 8 nitrogen and oxygen atoms in total. The molecule has 0 amide bonds. The Hall–Kier alpha value is 0.793. The van der Waals surface area contributed by atoms with E-state index in [1.807, 2.05) is 0 Å². The van der Waals surface area contributed by atoms with Crippen LogP contribution in [0.2, 0.25) is 0 Å². The fourth-order valence-electron chi connectivity index (χ4n) is 0.183. The van der Waals surface area contributed by atoms with E-state index in [1.165, 1.54) is 0 Å². The first-order valence-corrected chi connectivity index (χ1v) is 7.60. The van der Waals surface area contributed by atoms with Crippen LogP contribution in [0, 0.1) is 0 Å². The molecule has 0 aromatic rings. The van der Waals surface area contributed by atoms with Gasteiger partial charge in [0.15, 0.2) is 0 Å². The van der Waals surface area contributed by atoms with Gasteiger partial charge in [0.25, 0.3) is 0 Å². The number of hydrogen-bond donors (Lipinski definition) is 1. The Morgan fingerprint density at radius 2 is 1.73 bits per heavy atom. The van der Waals surface area contributed by atoms with Crippen molar-refractivity contribution in [2.24, 2.45) is 0 Å². The van der Waals surface area contributed by atoms with Crippen molar-refractivity contribution in [1.29, 1.82) is 0 Å². The summed E-state index contributed by atoms with van der Waals surface area (Å²) in [7, 11) is 0. The first kappa shape index (κ1) is 11.8. The van der Waals surface area contributed by atoms with Gasteiger partial charge in [-0.2, -0.15) is 0 Å². The molecule has 1 unspecified atom stereocenters. The van der Waals surface area contributed by atoms with E-state index < -0.39 is 46.2 Å². The summed E-state index contributed by atoms with van der Waals surface area (Å²) in [6, 6.07) is 0. The van der Waals surface area contributed by atoms with Crippen LogP contribution in [0.3, 0.4) is 0 Å². The zero-order valence-electron chi connectivity index (χ0n) is 4.65. The minimum absolute atomic E-state index is 3.37. The monoisotopic (exact) mass is 282 g/mol. The van der Waals surface area contributed by atoms with E-state index in [4.69, 9.17) is 4.03 Å². The van der Waals surface area contributed by atoms with E-state index in [0.717, 1.165) is 0 Å². The Bertz CT molecular complexity index is 251. The van der Waals surface area contributed by atoms with Crippen LogP contribution in [0.25, 0.3) is 0 Å². The van der Waals surface area contributed by atoms with Gasteiger partial charge in [-0.25, -0.2) is 0 Å². The first-order valence-electron chi connectivity index (χ1n) is 1.84. The Labute approximate surface area is 73.9 Å². The third kappa shape index (κ3) is 7.16. The molecular weight excluding hydrogens is 281 g/mol. The Morgan fingerprint density at radius 3 is 2.00 bits per heavy atom. The summed E-state index contributed by atoms with van der Waals surface area (Å²) in [4.78, 5) is 0. The third-order valence-corrected chi connectivity index (χ3v) is 5.77. The van der Waals surface area contributed by atoms with Crippen molar-refractivity contribution in [2.45, 2.75) is 0 Å². The van der Waals surface area contributed by atoms with Crippen molar-refractivity contribution in [3.05, 3.63) is 0 Å². The molecule has 11 heteroatoms. The summed E-state index contributed by atoms with van der Waals surface area (Å²) in [5, 5.41) is 0. The van der Waals surface area contributed by atoms with Crippen molar-refractivity contribution in [3.8, 4) is 0 Å². The summed E-state index contributed by atoms with van der Waals surface area (Å²) in [5.41, 5.74) is 0. The third-order valence-electron chi connectivity index (χ3n) is 0.340. The second kappa shape index (κ2) is 4.73. The van der Waals surface area contributed by atoms with Gasteiger partial charge in [0.05, 0.1) is 0 Å². The summed E-state index contributed by atoms with van der Waals surface area (Å²) in [6.07, 6.45) is 0. The van der Waals surface area contributed by atoms with E-state index >= 15 is 0 Å². The number of hydrogen-bond acceptors (Lipinski definition) is 7. The SMILES string of the molecule is [O]=[V]([O-])[O][V](=[O])([OH])[O][V](=[O])=[O]. The second-order valence-corrected chi connectivity index (χ2v) is 6.55. The van der Waals surface area contributed by atoms with Gasteiger partial charge in [-0.05, 0) is 0 Å². The minimum atomic E-state index is -5.53. The Balaban J connectivity index is 4.23. The van der Waals surface area contributed by atoms with Gasteiger partial charge in [-0.15, -0.1) is 0 Å². The van der Waals surface area contributed by atoms with E-state index in [0.29, 0.717) is 0 Å². The molecule has 1 N–H and O–H groups in total. The van der Waals surface area contributed by atoms with Gasteiger partial charge in [0.1, 0.15) is 0 Å².